The van der Waals surface area contributed by atoms with Crippen molar-refractivity contribution in [2.75, 3.05) is 4.43 Å². The molecule has 1 N–H and O–H groups in total. The first kappa shape index (κ1) is 9.94. The van der Waals surface area contributed by atoms with Crippen molar-refractivity contribution in [1.82, 2.24) is 0 Å². The van der Waals surface area contributed by atoms with Crippen LogP contribution in [0, 0.1) is 5.92 Å². The second-order valence-electron chi connectivity index (χ2n) is 2.14. The lowest BCUT2D eigenvalue weighted by molar-refractivity contribution is -0.137. The fraction of sp³-hybridized carbons (Fsp3) is 0.571. The van der Waals surface area contributed by atoms with Gasteiger partial charge in [-0.2, -0.15) is 0 Å². The van der Waals surface area contributed by atoms with Crippen molar-refractivity contribution in [1.29, 1.82) is 0 Å². The summed E-state index contributed by atoms with van der Waals surface area (Å²) in [6, 6.07) is 0. The van der Waals surface area contributed by atoms with Gasteiger partial charge in [0.1, 0.15) is 0 Å². The minimum atomic E-state index is -0.719. The molecule has 0 spiro atoms. The van der Waals surface area contributed by atoms with E-state index in [2.05, 4.69) is 29.2 Å². The molecular weight excluding hydrogens is 243 g/mol. The van der Waals surface area contributed by atoms with Crippen LogP contribution in [0.4, 0.5) is 0 Å². The van der Waals surface area contributed by atoms with Crippen LogP contribution in [0.1, 0.15) is 12.8 Å². The standard InChI is InChI=1S/C7H11IO2/c1-2-3-6(5-8)4-7(9)10/h2,6H,1,3-5H2,(H,9,10)/t6-/m1/s1. The summed E-state index contributed by atoms with van der Waals surface area (Å²) >= 11 is 2.20. The number of allylic oxidation sites excluding steroid dienone is 1. The third-order valence-corrected chi connectivity index (χ3v) is 2.43. The van der Waals surface area contributed by atoms with Crippen molar-refractivity contribution in [2.45, 2.75) is 12.8 Å². The first-order valence-electron chi connectivity index (χ1n) is 3.09. The fourth-order valence-corrected chi connectivity index (χ4v) is 1.35. The minimum absolute atomic E-state index is 0.259. The molecule has 0 saturated carbocycles. The molecule has 1 atom stereocenters. The van der Waals surface area contributed by atoms with E-state index in [-0.39, 0.29) is 12.3 Å². The van der Waals surface area contributed by atoms with Gasteiger partial charge in [0.05, 0.1) is 0 Å². The van der Waals surface area contributed by atoms with Gasteiger partial charge in [-0.1, -0.05) is 28.7 Å². The molecule has 0 aliphatic rings. The maximum atomic E-state index is 10.2. The first-order valence-corrected chi connectivity index (χ1v) is 4.62. The average molecular weight is 254 g/mol. The number of aliphatic carboxylic acids is 1. The predicted molar refractivity (Wildman–Crippen MR) is 49.4 cm³/mol. The minimum Gasteiger partial charge on any atom is -0.481 e. The van der Waals surface area contributed by atoms with Crippen LogP contribution in [-0.4, -0.2) is 15.5 Å². The SMILES string of the molecule is C=CC[C@@H](CI)CC(=O)O. The summed E-state index contributed by atoms with van der Waals surface area (Å²) in [5.41, 5.74) is 0. The molecule has 0 aliphatic carbocycles. The summed E-state index contributed by atoms with van der Waals surface area (Å²) < 4.78 is 0.885. The van der Waals surface area contributed by atoms with Gasteiger partial charge in [-0.3, -0.25) is 4.79 Å². The van der Waals surface area contributed by atoms with Crippen molar-refractivity contribution >= 4 is 28.6 Å². The normalized spacial score (nSPS) is 12.5. The number of hydrogen-bond acceptors (Lipinski definition) is 1. The quantitative estimate of drug-likeness (QED) is 0.463. The Balaban J connectivity index is 3.59. The summed E-state index contributed by atoms with van der Waals surface area (Å²) in [7, 11) is 0. The van der Waals surface area contributed by atoms with Gasteiger partial charge in [-0.25, -0.2) is 0 Å². The summed E-state index contributed by atoms with van der Waals surface area (Å²) in [5.74, 6) is -0.459. The molecular formula is C7H11IO2. The number of carboxylic acid groups (broad SMARTS) is 1. The molecule has 0 aromatic heterocycles. The van der Waals surface area contributed by atoms with Crippen LogP contribution in [0.5, 0.6) is 0 Å². The molecule has 0 aliphatic heterocycles. The van der Waals surface area contributed by atoms with E-state index in [1.807, 2.05) is 0 Å². The van der Waals surface area contributed by atoms with E-state index >= 15 is 0 Å². The highest BCUT2D eigenvalue weighted by Gasteiger charge is 2.08. The molecule has 0 heterocycles. The number of carboxylic acids is 1. The smallest absolute Gasteiger partial charge is 0.303 e. The molecule has 0 radical (unpaired) electrons. The third kappa shape index (κ3) is 4.78. The Bertz CT molecular complexity index is 123. The first-order chi connectivity index (χ1) is 4.70. The van der Waals surface area contributed by atoms with Crippen molar-refractivity contribution in [3.8, 4) is 0 Å². The van der Waals surface area contributed by atoms with Crippen LogP contribution >= 0.6 is 22.6 Å². The Kier molecular flexibility index (Phi) is 5.67. The van der Waals surface area contributed by atoms with E-state index in [1.165, 1.54) is 0 Å². The average Bonchev–Trinajstić information content (AvgIpc) is 1.86. The number of alkyl halides is 1. The molecule has 3 heteroatoms. The molecule has 2 nitrogen and oxygen atoms in total. The summed E-state index contributed by atoms with van der Waals surface area (Å²) in [6.45, 7) is 3.56. The lowest BCUT2D eigenvalue weighted by Crippen LogP contribution is -2.07. The maximum absolute atomic E-state index is 10.2. The second kappa shape index (κ2) is 5.70. The zero-order valence-corrected chi connectivity index (χ0v) is 7.87. The van der Waals surface area contributed by atoms with E-state index in [0.29, 0.717) is 0 Å². The van der Waals surface area contributed by atoms with Crippen LogP contribution in [0.3, 0.4) is 0 Å². The van der Waals surface area contributed by atoms with E-state index in [1.54, 1.807) is 6.08 Å². The Hall–Kier alpha value is -0.0600. The topological polar surface area (TPSA) is 37.3 Å². The molecule has 0 fully saturated rings. The molecule has 10 heavy (non-hydrogen) atoms. The van der Waals surface area contributed by atoms with Gasteiger partial charge >= 0.3 is 5.97 Å². The van der Waals surface area contributed by atoms with Gasteiger partial charge in [-0.05, 0) is 12.3 Å². The summed E-state index contributed by atoms with van der Waals surface area (Å²) in [4.78, 5) is 10.2. The van der Waals surface area contributed by atoms with Gasteiger partial charge in [0.25, 0.3) is 0 Å². The largest absolute Gasteiger partial charge is 0.481 e. The fourth-order valence-electron chi connectivity index (χ4n) is 0.684. The molecule has 0 rings (SSSR count). The molecule has 0 aromatic rings. The van der Waals surface area contributed by atoms with Crippen molar-refractivity contribution in [2.24, 2.45) is 5.92 Å². The van der Waals surface area contributed by atoms with Crippen LogP contribution < -0.4 is 0 Å². The molecule has 58 valence electrons. The van der Waals surface area contributed by atoms with E-state index < -0.39 is 5.97 Å². The van der Waals surface area contributed by atoms with Gasteiger partial charge in [-0.15, -0.1) is 6.58 Å². The Labute approximate surface area is 74.5 Å². The molecule has 0 saturated heterocycles. The molecule has 0 unspecified atom stereocenters. The number of rotatable bonds is 5. The van der Waals surface area contributed by atoms with Gasteiger partial charge in [0, 0.05) is 10.8 Å². The Morgan fingerprint density at radius 1 is 1.80 bits per heavy atom. The highest BCUT2D eigenvalue weighted by Crippen LogP contribution is 2.11. The summed E-state index contributed by atoms with van der Waals surface area (Å²) in [5, 5.41) is 8.40. The van der Waals surface area contributed by atoms with E-state index in [4.69, 9.17) is 5.11 Å². The second-order valence-corrected chi connectivity index (χ2v) is 3.02. The van der Waals surface area contributed by atoms with E-state index in [0.717, 1.165) is 10.8 Å². The van der Waals surface area contributed by atoms with Crippen molar-refractivity contribution < 1.29 is 9.90 Å². The Morgan fingerprint density at radius 3 is 2.70 bits per heavy atom. The zero-order valence-electron chi connectivity index (χ0n) is 5.72. The Morgan fingerprint density at radius 2 is 2.40 bits per heavy atom. The van der Waals surface area contributed by atoms with Crippen LogP contribution in [0.2, 0.25) is 0 Å². The number of hydrogen-bond donors (Lipinski definition) is 1. The van der Waals surface area contributed by atoms with Crippen LogP contribution in [-0.2, 0) is 4.79 Å². The van der Waals surface area contributed by atoms with Crippen molar-refractivity contribution in [3.05, 3.63) is 12.7 Å². The van der Waals surface area contributed by atoms with Gasteiger partial charge in [0.2, 0.25) is 0 Å². The maximum Gasteiger partial charge on any atom is 0.303 e. The van der Waals surface area contributed by atoms with Crippen LogP contribution in [0.15, 0.2) is 12.7 Å². The van der Waals surface area contributed by atoms with E-state index in [9.17, 15) is 4.79 Å². The van der Waals surface area contributed by atoms with Crippen molar-refractivity contribution in [3.63, 3.8) is 0 Å². The highest BCUT2D eigenvalue weighted by atomic mass is 127. The molecule has 0 bridgehead atoms. The monoisotopic (exact) mass is 254 g/mol. The highest BCUT2D eigenvalue weighted by molar-refractivity contribution is 14.1. The third-order valence-electron chi connectivity index (χ3n) is 1.18. The predicted octanol–water partition coefficient (Wildman–Crippen LogP) is 2.09. The van der Waals surface area contributed by atoms with Gasteiger partial charge in [0.15, 0.2) is 0 Å². The molecule has 0 amide bonds. The lowest BCUT2D eigenvalue weighted by atomic mass is 10.0. The molecule has 0 aromatic carbocycles. The number of halogens is 1. The summed E-state index contributed by atoms with van der Waals surface area (Å²) in [6.07, 6.45) is 2.83. The number of carbonyl (C=O) groups is 1. The zero-order chi connectivity index (χ0) is 7.98. The lowest BCUT2D eigenvalue weighted by Gasteiger charge is -2.06. The van der Waals surface area contributed by atoms with Gasteiger partial charge < -0.3 is 5.11 Å². The van der Waals surface area contributed by atoms with Crippen LogP contribution in [0.25, 0.3) is 0 Å².